The number of ether oxygens (including phenoxy) is 3. The molecule has 0 unspecified atom stereocenters. The van der Waals surface area contributed by atoms with Crippen molar-refractivity contribution in [3.8, 4) is 5.75 Å². The van der Waals surface area contributed by atoms with Crippen molar-refractivity contribution >= 4 is 24.1 Å². The first kappa shape index (κ1) is 26.5. The average molecular weight is 489 g/mol. The van der Waals surface area contributed by atoms with Gasteiger partial charge in [-0.15, -0.1) is 0 Å². The van der Waals surface area contributed by atoms with Crippen LogP contribution in [-0.2, 0) is 14.3 Å². The number of hydrogen-bond acceptors (Lipinski definition) is 7. The summed E-state index contributed by atoms with van der Waals surface area (Å²) in [5.41, 5.74) is -2.21. The summed E-state index contributed by atoms with van der Waals surface area (Å²) < 4.78 is 16.3. The lowest BCUT2D eigenvalue weighted by Gasteiger charge is -2.40. The summed E-state index contributed by atoms with van der Waals surface area (Å²) in [7, 11) is 0. The topological polar surface area (TPSA) is 102 Å². The lowest BCUT2D eigenvalue weighted by Crippen LogP contribution is -2.55. The SMILES string of the molecule is CCOc1ccc(C2CCC3(CC2)C(=O)N(C(=O)OC(C)(C)C)C(=O)N3C(=O)OC(C)(C)C)cc1. The molecule has 1 aromatic carbocycles. The minimum Gasteiger partial charge on any atom is -0.494 e. The zero-order valence-electron chi connectivity index (χ0n) is 21.7. The lowest BCUT2D eigenvalue weighted by atomic mass is 9.73. The van der Waals surface area contributed by atoms with Crippen molar-refractivity contribution in [3.63, 3.8) is 0 Å². The van der Waals surface area contributed by atoms with E-state index in [0.717, 1.165) is 16.2 Å². The van der Waals surface area contributed by atoms with Crippen molar-refractivity contribution in [1.29, 1.82) is 0 Å². The molecule has 0 aromatic heterocycles. The van der Waals surface area contributed by atoms with Gasteiger partial charge in [-0.25, -0.2) is 19.3 Å². The zero-order chi connectivity index (χ0) is 26.2. The maximum atomic E-state index is 13.6. The molecule has 1 saturated heterocycles. The lowest BCUT2D eigenvalue weighted by molar-refractivity contribution is -0.134. The van der Waals surface area contributed by atoms with E-state index in [9.17, 15) is 19.2 Å². The molecule has 5 amide bonds. The molecular weight excluding hydrogens is 452 g/mol. The number of rotatable bonds is 3. The molecule has 1 aliphatic carbocycles. The van der Waals surface area contributed by atoms with Gasteiger partial charge in [-0.05, 0) is 97.8 Å². The molecule has 2 fully saturated rings. The van der Waals surface area contributed by atoms with Gasteiger partial charge in [0.2, 0.25) is 0 Å². The Kier molecular flexibility index (Phi) is 7.20. The minimum absolute atomic E-state index is 0.135. The van der Waals surface area contributed by atoms with Crippen molar-refractivity contribution in [2.45, 2.75) is 96.8 Å². The number of benzene rings is 1. The molecule has 1 aromatic rings. The van der Waals surface area contributed by atoms with E-state index >= 15 is 0 Å². The third kappa shape index (κ3) is 5.60. The first-order valence-corrected chi connectivity index (χ1v) is 12.1. The second-order valence-electron chi connectivity index (χ2n) is 11.0. The maximum Gasteiger partial charge on any atom is 0.425 e. The van der Waals surface area contributed by atoms with Crippen molar-refractivity contribution < 1.29 is 33.4 Å². The fourth-order valence-electron chi connectivity index (χ4n) is 4.57. The molecule has 0 N–H and O–H groups in total. The van der Waals surface area contributed by atoms with Crippen LogP contribution in [0.2, 0.25) is 0 Å². The van der Waals surface area contributed by atoms with Gasteiger partial charge < -0.3 is 14.2 Å². The van der Waals surface area contributed by atoms with Gasteiger partial charge in [0.1, 0.15) is 22.5 Å². The summed E-state index contributed by atoms with van der Waals surface area (Å²) >= 11 is 0. The fourth-order valence-corrected chi connectivity index (χ4v) is 4.57. The first-order chi connectivity index (χ1) is 16.2. The van der Waals surface area contributed by atoms with E-state index in [2.05, 4.69) is 0 Å². The summed E-state index contributed by atoms with van der Waals surface area (Å²) in [6, 6.07) is 6.77. The van der Waals surface area contributed by atoms with Crippen LogP contribution in [-0.4, -0.2) is 57.3 Å². The Hall–Kier alpha value is -3.10. The number of nitrogens with zero attached hydrogens (tertiary/aromatic N) is 2. The monoisotopic (exact) mass is 488 g/mol. The van der Waals surface area contributed by atoms with Crippen LogP contribution in [0.25, 0.3) is 0 Å². The molecule has 192 valence electrons. The highest BCUT2D eigenvalue weighted by Gasteiger charge is 2.64. The van der Waals surface area contributed by atoms with Crippen LogP contribution >= 0.6 is 0 Å². The molecule has 1 heterocycles. The highest BCUT2D eigenvalue weighted by molar-refractivity contribution is 6.20. The number of hydrogen-bond donors (Lipinski definition) is 0. The highest BCUT2D eigenvalue weighted by atomic mass is 16.6. The quantitative estimate of drug-likeness (QED) is 0.509. The van der Waals surface area contributed by atoms with Gasteiger partial charge in [-0.3, -0.25) is 4.79 Å². The molecule has 9 heteroatoms. The number of amides is 5. The van der Waals surface area contributed by atoms with Crippen LogP contribution in [0.1, 0.15) is 85.6 Å². The fraction of sp³-hybridized carbons (Fsp3) is 0.615. The Balaban J connectivity index is 1.89. The van der Waals surface area contributed by atoms with Crippen LogP contribution in [0.5, 0.6) is 5.75 Å². The van der Waals surface area contributed by atoms with Crippen LogP contribution in [0, 0.1) is 0 Å². The van der Waals surface area contributed by atoms with Gasteiger partial charge in [0.05, 0.1) is 6.61 Å². The first-order valence-electron chi connectivity index (χ1n) is 12.1. The van der Waals surface area contributed by atoms with E-state index in [1.807, 2.05) is 31.2 Å². The molecule has 0 radical (unpaired) electrons. The summed E-state index contributed by atoms with van der Waals surface area (Å²) in [6.45, 7) is 12.4. The third-order valence-corrected chi connectivity index (χ3v) is 6.04. The molecule has 9 nitrogen and oxygen atoms in total. The molecule has 0 atom stereocenters. The Morgan fingerprint density at radius 1 is 0.914 bits per heavy atom. The Bertz CT molecular complexity index is 980. The van der Waals surface area contributed by atoms with Gasteiger partial charge in [0, 0.05) is 0 Å². The van der Waals surface area contributed by atoms with Gasteiger partial charge in [-0.1, -0.05) is 12.1 Å². The molecule has 1 saturated carbocycles. The molecule has 2 aliphatic rings. The standard InChI is InChI=1S/C26H36N2O7/c1-8-33-19-11-9-17(10-12-19)18-13-15-26(16-14-18)20(29)27(22(31)34-24(2,3)4)21(30)28(26)23(32)35-25(5,6)7/h9-12,18H,8,13-16H2,1-7H3. The van der Waals surface area contributed by atoms with Crippen LogP contribution < -0.4 is 4.74 Å². The summed E-state index contributed by atoms with van der Waals surface area (Å²) in [5.74, 6) is 0.173. The minimum atomic E-state index is -1.49. The number of urea groups is 1. The molecule has 0 bridgehead atoms. The zero-order valence-corrected chi connectivity index (χ0v) is 21.7. The molecule has 1 aliphatic heterocycles. The Morgan fingerprint density at radius 3 is 1.91 bits per heavy atom. The largest absolute Gasteiger partial charge is 0.494 e. The number of imide groups is 4. The average Bonchev–Trinajstić information content (AvgIpc) is 2.93. The van der Waals surface area contributed by atoms with E-state index in [1.54, 1.807) is 41.5 Å². The summed E-state index contributed by atoms with van der Waals surface area (Å²) in [6.07, 6.45) is -0.502. The highest BCUT2D eigenvalue weighted by Crippen LogP contribution is 2.46. The molecule has 1 spiro atoms. The maximum absolute atomic E-state index is 13.6. The second kappa shape index (κ2) is 9.51. The molecular formula is C26H36N2O7. The van der Waals surface area contributed by atoms with Crippen LogP contribution in [0.3, 0.4) is 0 Å². The predicted molar refractivity (Wildman–Crippen MR) is 128 cm³/mol. The van der Waals surface area contributed by atoms with E-state index in [1.165, 1.54) is 0 Å². The second-order valence-corrected chi connectivity index (χ2v) is 11.0. The van der Waals surface area contributed by atoms with E-state index in [0.29, 0.717) is 24.3 Å². The normalized spacial score (nSPS) is 23.0. The van der Waals surface area contributed by atoms with Crippen LogP contribution in [0.4, 0.5) is 14.4 Å². The Morgan fingerprint density at radius 2 is 1.43 bits per heavy atom. The van der Waals surface area contributed by atoms with Gasteiger partial charge in [0.25, 0.3) is 5.91 Å². The van der Waals surface area contributed by atoms with E-state index in [-0.39, 0.29) is 18.8 Å². The summed E-state index contributed by atoms with van der Waals surface area (Å²) in [5, 5.41) is 0. The van der Waals surface area contributed by atoms with E-state index < -0.39 is 40.9 Å². The van der Waals surface area contributed by atoms with Crippen molar-refractivity contribution in [2.24, 2.45) is 0 Å². The van der Waals surface area contributed by atoms with Gasteiger partial charge >= 0.3 is 18.2 Å². The van der Waals surface area contributed by atoms with Gasteiger partial charge in [0.15, 0.2) is 0 Å². The van der Waals surface area contributed by atoms with Gasteiger partial charge in [-0.2, -0.15) is 4.90 Å². The smallest absolute Gasteiger partial charge is 0.425 e. The summed E-state index contributed by atoms with van der Waals surface area (Å²) in [4.78, 5) is 54.1. The van der Waals surface area contributed by atoms with Crippen LogP contribution in [0.15, 0.2) is 24.3 Å². The van der Waals surface area contributed by atoms with E-state index in [4.69, 9.17) is 14.2 Å². The van der Waals surface area contributed by atoms with Crippen molar-refractivity contribution in [3.05, 3.63) is 29.8 Å². The van der Waals surface area contributed by atoms with Crippen molar-refractivity contribution in [2.75, 3.05) is 6.61 Å². The third-order valence-electron chi connectivity index (χ3n) is 6.04. The molecule has 35 heavy (non-hydrogen) atoms. The predicted octanol–water partition coefficient (Wildman–Crippen LogP) is 5.62. The molecule has 3 rings (SSSR count). The number of carbonyl (C=O) groups is 4. The Labute approximate surface area is 206 Å². The van der Waals surface area contributed by atoms with Crippen molar-refractivity contribution in [1.82, 2.24) is 9.80 Å². The number of carbonyl (C=O) groups excluding carboxylic acids is 4.